The first-order chi connectivity index (χ1) is 9.24. The maximum atomic E-state index is 14.0. The number of halogens is 3. The molecule has 0 fully saturated rings. The zero-order valence-corrected chi connectivity index (χ0v) is 13.5. The first kappa shape index (κ1) is 17.4. The van der Waals surface area contributed by atoms with Crippen LogP contribution in [0.25, 0.3) is 0 Å². The van der Waals surface area contributed by atoms with Crippen LogP contribution in [0.5, 0.6) is 0 Å². The second kappa shape index (κ2) is 7.37. The molecule has 1 aromatic rings. The molecule has 0 bridgehead atoms. The average Bonchev–Trinajstić information content (AvgIpc) is 2.33. The molecule has 0 aliphatic rings. The molecular formula is C16H24ClF2N. The number of hydrogen-bond donors (Lipinski definition) is 1. The van der Waals surface area contributed by atoms with Gasteiger partial charge >= 0.3 is 0 Å². The van der Waals surface area contributed by atoms with E-state index in [0.29, 0.717) is 5.56 Å². The van der Waals surface area contributed by atoms with Gasteiger partial charge in [-0.2, -0.15) is 0 Å². The second-order valence-corrected chi connectivity index (χ2v) is 6.80. The van der Waals surface area contributed by atoms with E-state index in [-0.39, 0.29) is 16.5 Å². The zero-order valence-electron chi connectivity index (χ0n) is 12.7. The Morgan fingerprint density at radius 1 is 1.20 bits per heavy atom. The summed E-state index contributed by atoms with van der Waals surface area (Å²) in [6.45, 7) is 9.25. The fourth-order valence-electron chi connectivity index (χ4n) is 2.07. The summed E-state index contributed by atoms with van der Waals surface area (Å²) in [6.07, 6.45) is 2.64. The van der Waals surface area contributed by atoms with Crippen LogP contribution < -0.4 is 5.32 Å². The Morgan fingerprint density at radius 2 is 1.85 bits per heavy atom. The highest BCUT2D eigenvalue weighted by molar-refractivity contribution is 6.30. The molecule has 1 atom stereocenters. The van der Waals surface area contributed by atoms with Gasteiger partial charge in [-0.05, 0) is 43.4 Å². The molecule has 0 heterocycles. The average molecular weight is 304 g/mol. The lowest BCUT2D eigenvalue weighted by atomic mass is 9.87. The summed E-state index contributed by atoms with van der Waals surface area (Å²) in [5, 5.41) is 3.13. The molecule has 1 unspecified atom stereocenters. The lowest BCUT2D eigenvalue weighted by Gasteiger charge is -2.25. The molecule has 0 spiro atoms. The van der Waals surface area contributed by atoms with Crippen molar-refractivity contribution < 1.29 is 8.78 Å². The molecule has 114 valence electrons. The minimum absolute atomic E-state index is 0.160. The van der Waals surface area contributed by atoms with Gasteiger partial charge in [-0.3, -0.25) is 0 Å². The van der Waals surface area contributed by atoms with Gasteiger partial charge in [0.05, 0.1) is 5.02 Å². The molecule has 20 heavy (non-hydrogen) atoms. The van der Waals surface area contributed by atoms with Gasteiger partial charge in [0.25, 0.3) is 0 Å². The highest BCUT2D eigenvalue weighted by Gasteiger charge is 2.20. The van der Waals surface area contributed by atoms with E-state index in [9.17, 15) is 8.78 Å². The smallest absolute Gasteiger partial charge is 0.142 e. The Labute approximate surface area is 125 Å². The number of benzene rings is 1. The molecule has 1 N–H and O–H groups in total. The molecule has 0 radical (unpaired) electrons. The van der Waals surface area contributed by atoms with E-state index >= 15 is 0 Å². The van der Waals surface area contributed by atoms with Gasteiger partial charge in [0.1, 0.15) is 11.6 Å². The number of hydrogen-bond acceptors (Lipinski definition) is 1. The summed E-state index contributed by atoms with van der Waals surface area (Å²) in [7, 11) is 0. The molecular weight excluding hydrogens is 280 g/mol. The van der Waals surface area contributed by atoms with Crippen LogP contribution in [-0.2, 0) is 0 Å². The van der Waals surface area contributed by atoms with Crippen LogP contribution in [-0.4, -0.2) is 6.54 Å². The molecule has 0 saturated heterocycles. The Bertz CT molecular complexity index is 441. The molecule has 1 nitrogen and oxygen atoms in total. The fourth-order valence-corrected chi connectivity index (χ4v) is 2.22. The van der Waals surface area contributed by atoms with Gasteiger partial charge < -0.3 is 5.32 Å². The maximum Gasteiger partial charge on any atom is 0.142 e. The van der Waals surface area contributed by atoms with Crippen molar-refractivity contribution in [2.75, 3.05) is 6.54 Å². The van der Waals surface area contributed by atoms with E-state index in [4.69, 9.17) is 11.6 Å². The molecule has 0 saturated carbocycles. The Morgan fingerprint density at radius 3 is 2.40 bits per heavy atom. The van der Waals surface area contributed by atoms with Crippen molar-refractivity contribution in [3.63, 3.8) is 0 Å². The van der Waals surface area contributed by atoms with Crippen LogP contribution in [0.3, 0.4) is 0 Å². The summed E-state index contributed by atoms with van der Waals surface area (Å²) in [5.74, 6) is -1.01. The van der Waals surface area contributed by atoms with Crippen LogP contribution in [0.1, 0.15) is 58.6 Å². The lowest BCUT2D eigenvalue weighted by molar-refractivity contribution is 0.328. The third-order valence-electron chi connectivity index (χ3n) is 3.24. The summed E-state index contributed by atoms with van der Waals surface area (Å²) in [5.41, 5.74) is 0.526. The van der Waals surface area contributed by atoms with Crippen molar-refractivity contribution in [2.24, 2.45) is 5.41 Å². The summed E-state index contributed by atoms with van der Waals surface area (Å²) in [6, 6.07) is 2.10. The van der Waals surface area contributed by atoms with Crippen molar-refractivity contribution in [2.45, 2.75) is 53.0 Å². The van der Waals surface area contributed by atoms with Crippen LogP contribution in [0, 0.1) is 17.0 Å². The Hall–Kier alpha value is -0.670. The van der Waals surface area contributed by atoms with Gasteiger partial charge in [-0.1, -0.05) is 39.3 Å². The summed E-state index contributed by atoms with van der Waals surface area (Å²) >= 11 is 5.61. The first-order valence-corrected chi connectivity index (χ1v) is 7.50. The maximum absolute atomic E-state index is 14.0. The quantitative estimate of drug-likeness (QED) is 0.686. The molecule has 1 aromatic carbocycles. The number of rotatable bonds is 6. The molecule has 0 aliphatic heterocycles. The highest BCUT2D eigenvalue weighted by atomic mass is 35.5. The van der Waals surface area contributed by atoms with Gasteiger partial charge in [-0.25, -0.2) is 8.78 Å². The minimum atomic E-state index is -0.567. The standard InChI is InChI=1S/C16H24ClF2N/c1-5-8-20-15(6-7-16(2,3)4)11-9-14(19)12(17)10-13(11)18/h9-10,15,20H,5-8H2,1-4H3. The van der Waals surface area contributed by atoms with Gasteiger partial charge in [0.2, 0.25) is 0 Å². The van der Waals surface area contributed by atoms with Crippen LogP contribution in [0.15, 0.2) is 12.1 Å². The monoisotopic (exact) mass is 303 g/mol. The van der Waals surface area contributed by atoms with E-state index in [0.717, 1.165) is 31.9 Å². The predicted molar refractivity (Wildman–Crippen MR) is 81.1 cm³/mol. The van der Waals surface area contributed by atoms with Gasteiger partial charge in [0.15, 0.2) is 0 Å². The van der Waals surface area contributed by atoms with Crippen molar-refractivity contribution >= 4 is 11.6 Å². The van der Waals surface area contributed by atoms with Gasteiger partial charge in [0, 0.05) is 11.6 Å². The highest BCUT2D eigenvalue weighted by Crippen LogP contribution is 2.30. The molecule has 0 aromatic heterocycles. The third kappa shape index (κ3) is 5.37. The van der Waals surface area contributed by atoms with Gasteiger partial charge in [-0.15, -0.1) is 0 Å². The van der Waals surface area contributed by atoms with Crippen molar-refractivity contribution in [1.82, 2.24) is 5.32 Å². The second-order valence-electron chi connectivity index (χ2n) is 6.39. The third-order valence-corrected chi connectivity index (χ3v) is 3.53. The van der Waals surface area contributed by atoms with E-state index in [1.54, 1.807) is 0 Å². The van der Waals surface area contributed by atoms with Crippen molar-refractivity contribution in [3.8, 4) is 0 Å². The SMILES string of the molecule is CCCNC(CCC(C)(C)C)c1cc(F)c(Cl)cc1F. The lowest BCUT2D eigenvalue weighted by Crippen LogP contribution is -2.24. The predicted octanol–water partition coefficient (Wildman–Crippen LogP) is 5.49. The first-order valence-electron chi connectivity index (χ1n) is 7.12. The van der Waals surface area contributed by atoms with Crippen molar-refractivity contribution in [1.29, 1.82) is 0 Å². The van der Waals surface area contributed by atoms with E-state index in [2.05, 4.69) is 26.1 Å². The van der Waals surface area contributed by atoms with Crippen LogP contribution >= 0.6 is 11.6 Å². The largest absolute Gasteiger partial charge is 0.310 e. The topological polar surface area (TPSA) is 12.0 Å². The number of nitrogens with one attached hydrogen (secondary N) is 1. The molecule has 0 aliphatic carbocycles. The Balaban J connectivity index is 2.95. The zero-order chi connectivity index (χ0) is 15.3. The minimum Gasteiger partial charge on any atom is -0.310 e. The fraction of sp³-hybridized carbons (Fsp3) is 0.625. The molecule has 0 amide bonds. The molecule has 1 rings (SSSR count). The van der Waals surface area contributed by atoms with E-state index in [1.807, 2.05) is 6.92 Å². The van der Waals surface area contributed by atoms with Crippen LogP contribution in [0.2, 0.25) is 5.02 Å². The Kier molecular flexibility index (Phi) is 6.41. The normalized spacial score (nSPS) is 13.6. The molecule has 4 heteroatoms. The van der Waals surface area contributed by atoms with E-state index < -0.39 is 11.6 Å². The summed E-state index contributed by atoms with van der Waals surface area (Å²) in [4.78, 5) is 0. The van der Waals surface area contributed by atoms with E-state index in [1.165, 1.54) is 6.07 Å². The van der Waals surface area contributed by atoms with Crippen LogP contribution in [0.4, 0.5) is 8.78 Å². The summed E-state index contributed by atoms with van der Waals surface area (Å²) < 4.78 is 27.6. The van der Waals surface area contributed by atoms with Crippen molar-refractivity contribution in [3.05, 3.63) is 34.4 Å².